The molecule has 1 heterocycles. The van der Waals surface area contributed by atoms with Gasteiger partial charge >= 0.3 is 0 Å². The van der Waals surface area contributed by atoms with Crippen molar-refractivity contribution in [3.05, 3.63) is 36.0 Å². The van der Waals surface area contributed by atoms with E-state index in [-0.39, 0.29) is 17.5 Å². The number of rotatable bonds is 1. The summed E-state index contributed by atoms with van der Waals surface area (Å²) < 4.78 is 0. The van der Waals surface area contributed by atoms with Gasteiger partial charge in [-0.05, 0) is 17.5 Å². The summed E-state index contributed by atoms with van der Waals surface area (Å²) in [6.45, 7) is 1.96. The van der Waals surface area contributed by atoms with Crippen LogP contribution in [0.15, 0.2) is 30.5 Å². The van der Waals surface area contributed by atoms with Crippen molar-refractivity contribution in [3.8, 4) is 0 Å². The molecule has 0 radical (unpaired) electrons. The smallest absolute Gasteiger partial charge is 0.148 e. The third-order valence-electron chi connectivity index (χ3n) is 3.68. The number of fused-ring (bicyclic) bond motifs is 1. The fourth-order valence-corrected chi connectivity index (χ4v) is 2.85. The van der Waals surface area contributed by atoms with Gasteiger partial charge in [0.1, 0.15) is 17.5 Å². The van der Waals surface area contributed by atoms with Crippen molar-refractivity contribution in [2.75, 3.05) is 0 Å². The summed E-state index contributed by atoms with van der Waals surface area (Å²) in [7, 11) is 0. The van der Waals surface area contributed by atoms with E-state index in [0.717, 1.165) is 16.5 Å². The highest BCUT2D eigenvalue weighted by atomic mass is 16.2. The number of ketones is 2. The van der Waals surface area contributed by atoms with Crippen molar-refractivity contribution in [2.45, 2.75) is 25.7 Å². The maximum Gasteiger partial charge on any atom is 0.148 e. The van der Waals surface area contributed by atoms with E-state index in [9.17, 15) is 9.59 Å². The standard InChI is InChI=1S/C15H15NO2/c1-9-6-13(17)15(14(18)7-9)11-8-16-12-5-3-2-4-10(11)12/h2-5,8-9,15-16H,6-7H2,1H3. The molecule has 1 aromatic heterocycles. The van der Waals surface area contributed by atoms with Crippen molar-refractivity contribution in [2.24, 2.45) is 5.92 Å². The summed E-state index contributed by atoms with van der Waals surface area (Å²) in [5.74, 6) is -0.254. The van der Waals surface area contributed by atoms with Gasteiger partial charge < -0.3 is 4.98 Å². The van der Waals surface area contributed by atoms with Crippen molar-refractivity contribution in [1.29, 1.82) is 0 Å². The van der Waals surface area contributed by atoms with Gasteiger partial charge in [0, 0.05) is 29.9 Å². The van der Waals surface area contributed by atoms with Gasteiger partial charge in [0.25, 0.3) is 0 Å². The van der Waals surface area contributed by atoms with Crippen LogP contribution in [-0.2, 0) is 9.59 Å². The quantitative estimate of drug-likeness (QED) is 0.780. The summed E-state index contributed by atoms with van der Waals surface area (Å²) in [5, 5.41) is 0.985. The van der Waals surface area contributed by atoms with E-state index in [1.54, 1.807) is 6.20 Å². The first kappa shape index (κ1) is 11.2. The number of para-hydroxylation sites is 1. The molecular weight excluding hydrogens is 226 g/mol. The zero-order valence-electron chi connectivity index (χ0n) is 10.3. The van der Waals surface area contributed by atoms with Crippen LogP contribution in [0.4, 0.5) is 0 Å². The molecule has 0 aliphatic heterocycles. The molecule has 1 aliphatic rings. The second-order valence-corrected chi connectivity index (χ2v) is 5.17. The van der Waals surface area contributed by atoms with E-state index < -0.39 is 5.92 Å². The minimum atomic E-state index is -0.558. The Hall–Kier alpha value is -1.90. The van der Waals surface area contributed by atoms with Crippen LogP contribution in [0, 0.1) is 5.92 Å². The van der Waals surface area contributed by atoms with Crippen LogP contribution >= 0.6 is 0 Å². The molecule has 92 valence electrons. The molecule has 1 N–H and O–H groups in total. The molecule has 0 atom stereocenters. The van der Waals surface area contributed by atoms with E-state index in [1.807, 2.05) is 31.2 Å². The highest BCUT2D eigenvalue weighted by Crippen LogP contribution is 2.34. The predicted molar refractivity (Wildman–Crippen MR) is 69.5 cm³/mol. The fourth-order valence-electron chi connectivity index (χ4n) is 2.85. The zero-order chi connectivity index (χ0) is 12.7. The lowest BCUT2D eigenvalue weighted by atomic mass is 9.77. The van der Waals surface area contributed by atoms with Gasteiger partial charge in [-0.3, -0.25) is 9.59 Å². The molecule has 1 saturated carbocycles. The van der Waals surface area contributed by atoms with E-state index in [4.69, 9.17) is 0 Å². The van der Waals surface area contributed by atoms with E-state index in [2.05, 4.69) is 4.98 Å². The van der Waals surface area contributed by atoms with Crippen molar-refractivity contribution >= 4 is 22.5 Å². The number of Topliss-reactive ketones (excluding diaryl/α,β-unsaturated/α-hetero) is 2. The maximum atomic E-state index is 12.1. The average molecular weight is 241 g/mol. The highest BCUT2D eigenvalue weighted by Gasteiger charge is 2.35. The van der Waals surface area contributed by atoms with Gasteiger partial charge in [0.2, 0.25) is 0 Å². The number of hydrogen-bond acceptors (Lipinski definition) is 2. The monoisotopic (exact) mass is 241 g/mol. The summed E-state index contributed by atoms with van der Waals surface area (Å²) in [4.78, 5) is 27.4. The lowest BCUT2D eigenvalue weighted by molar-refractivity contribution is -0.133. The first-order valence-electron chi connectivity index (χ1n) is 6.28. The van der Waals surface area contributed by atoms with E-state index in [1.165, 1.54) is 0 Å². The first-order chi connectivity index (χ1) is 8.66. The molecule has 1 aromatic carbocycles. The van der Waals surface area contributed by atoms with Crippen LogP contribution in [0.2, 0.25) is 0 Å². The number of carbonyl (C=O) groups excluding carboxylic acids is 2. The Morgan fingerprint density at radius 3 is 2.50 bits per heavy atom. The topological polar surface area (TPSA) is 49.9 Å². The summed E-state index contributed by atoms with van der Waals surface area (Å²) in [6, 6.07) is 7.79. The van der Waals surface area contributed by atoms with Crippen molar-refractivity contribution < 1.29 is 9.59 Å². The average Bonchev–Trinajstić information content (AvgIpc) is 2.72. The van der Waals surface area contributed by atoms with Crippen molar-refractivity contribution in [3.63, 3.8) is 0 Å². The normalized spacial score (nSPS) is 24.7. The number of aromatic amines is 1. The van der Waals surface area contributed by atoms with E-state index in [0.29, 0.717) is 12.8 Å². The zero-order valence-corrected chi connectivity index (χ0v) is 10.3. The van der Waals surface area contributed by atoms with Gasteiger partial charge in [-0.15, -0.1) is 0 Å². The molecule has 0 amide bonds. The molecule has 1 fully saturated rings. The molecule has 2 aromatic rings. The largest absolute Gasteiger partial charge is 0.361 e. The molecule has 0 unspecified atom stereocenters. The van der Waals surface area contributed by atoms with Crippen LogP contribution in [-0.4, -0.2) is 16.6 Å². The molecule has 1 aliphatic carbocycles. The number of benzene rings is 1. The van der Waals surface area contributed by atoms with Gasteiger partial charge in [0.15, 0.2) is 0 Å². The molecule has 3 rings (SSSR count). The summed E-state index contributed by atoms with van der Waals surface area (Å²) >= 11 is 0. The highest BCUT2D eigenvalue weighted by molar-refractivity contribution is 6.12. The Morgan fingerprint density at radius 1 is 1.11 bits per heavy atom. The Bertz CT molecular complexity index is 608. The number of aromatic nitrogens is 1. The SMILES string of the molecule is CC1CC(=O)C(c2c[nH]c3ccccc23)C(=O)C1. The Balaban J connectivity index is 2.09. The van der Waals surface area contributed by atoms with Crippen LogP contribution in [0.25, 0.3) is 10.9 Å². The third-order valence-corrected chi connectivity index (χ3v) is 3.68. The number of nitrogens with one attached hydrogen (secondary N) is 1. The molecule has 3 nitrogen and oxygen atoms in total. The fraction of sp³-hybridized carbons (Fsp3) is 0.333. The molecule has 3 heteroatoms. The first-order valence-corrected chi connectivity index (χ1v) is 6.28. The molecule has 0 bridgehead atoms. The molecule has 0 spiro atoms. The minimum Gasteiger partial charge on any atom is -0.361 e. The molecule has 0 saturated heterocycles. The lowest BCUT2D eigenvalue weighted by Crippen LogP contribution is -2.30. The second kappa shape index (κ2) is 4.09. The Labute approximate surface area is 105 Å². The maximum absolute atomic E-state index is 12.1. The van der Waals surface area contributed by atoms with Crippen LogP contribution in [0.5, 0.6) is 0 Å². The second-order valence-electron chi connectivity index (χ2n) is 5.17. The van der Waals surface area contributed by atoms with Gasteiger partial charge in [-0.1, -0.05) is 25.1 Å². The van der Waals surface area contributed by atoms with Gasteiger partial charge in [0.05, 0.1) is 0 Å². The van der Waals surface area contributed by atoms with Crippen LogP contribution in [0.3, 0.4) is 0 Å². The van der Waals surface area contributed by atoms with Gasteiger partial charge in [-0.2, -0.15) is 0 Å². The summed E-state index contributed by atoms with van der Waals surface area (Å²) in [6.07, 6.45) is 2.83. The van der Waals surface area contributed by atoms with Crippen LogP contribution < -0.4 is 0 Å². The number of hydrogen-bond donors (Lipinski definition) is 1. The Kier molecular flexibility index (Phi) is 2.54. The van der Waals surface area contributed by atoms with Gasteiger partial charge in [-0.25, -0.2) is 0 Å². The molecular formula is C15H15NO2. The third kappa shape index (κ3) is 1.67. The number of carbonyl (C=O) groups is 2. The Morgan fingerprint density at radius 2 is 1.78 bits per heavy atom. The van der Waals surface area contributed by atoms with Crippen molar-refractivity contribution in [1.82, 2.24) is 4.98 Å². The van der Waals surface area contributed by atoms with Crippen LogP contribution in [0.1, 0.15) is 31.2 Å². The summed E-state index contributed by atoms with van der Waals surface area (Å²) in [5.41, 5.74) is 1.82. The molecule has 18 heavy (non-hydrogen) atoms. The lowest BCUT2D eigenvalue weighted by Gasteiger charge is -2.23. The minimum absolute atomic E-state index is 0.0588. The number of H-pyrrole nitrogens is 1. The van der Waals surface area contributed by atoms with E-state index >= 15 is 0 Å². The predicted octanol–water partition coefficient (Wildman–Crippen LogP) is 2.82.